The Labute approximate surface area is 52.8 Å². The lowest BCUT2D eigenvalue weighted by atomic mass is 10.3. The summed E-state index contributed by atoms with van der Waals surface area (Å²) in [5.41, 5.74) is 0. The molecule has 0 aromatic heterocycles. The van der Waals surface area contributed by atoms with Crippen LogP contribution in [0.25, 0.3) is 0 Å². The molecule has 1 aliphatic heterocycles. The molecule has 52 valence electrons. The number of carbonyl (C=O) groups is 1. The summed E-state index contributed by atoms with van der Waals surface area (Å²) in [4.78, 5) is 9.99. The molecule has 1 aliphatic rings. The lowest BCUT2D eigenvalue weighted by Crippen LogP contribution is -2.33. The molecule has 0 aliphatic carbocycles. The third-order valence-electron chi connectivity index (χ3n) is 1.26. The number of ether oxygens (including phenoxy) is 1. The molecule has 1 amide bonds. The molecule has 0 spiro atoms. The van der Waals surface area contributed by atoms with Gasteiger partial charge in [0.1, 0.15) is 0 Å². The van der Waals surface area contributed by atoms with Gasteiger partial charge in [-0.1, -0.05) is 0 Å². The second-order valence-electron chi connectivity index (χ2n) is 2.01. The Bertz CT molecular complexity index is 109. The minimum atomic E-state index is -0.967. The molecular formula is C5H9NO3. The van der Waals surface area contributed by atoms with Crippen molar-refractivity contribution < 1.29 is 14.6 Å². The highest BCUT2D eigenvalue weighted by atomic mass is 16.5. The van der Waals surface area contributed by atoms with E-state index in [4.69, 9.17) is 9.84 Å². The first-order valence-electron chi connectivity index (χ1n) is 2.86. The largest absolute Gasteiger partial charge is 0.465 e. The Morgan fingerprint density at radius 2 is 2.56 bits per heavy atom. The predicted molar refractivity (Wildman–Crippen MR) is 30.4 cm³/mol. The van der Waals surface area contributed by atoms with Crippen LogP contribution in [0.4, 0.5) is 4.79 Å². The SMILES string of the molecule is O=C(O)N[C@H]1CCOC1. The van der Waals surface area contributed by atoms with Crippen LogP contribution in [0.15, 0.2) is 0 Å². The smallest absolute Gasteiger partial charge is 0.404 e. The third kappa shape index (κ3) is 1.89. The fourth-order valence-corrected chi connectivity index (χ4v) is 0.823. The Balaban J connectivity index is 2.19. The van der Waals surface area contributed by atoms with Gasteiger partial charge in [0.25, 0.3) is 0 Å². The van der Waals surface area contributed by atoms with Gasteiger partial charge in [-0.05, 0) is 6.42 Å². The number of nitrogens with one attached hydrogen (secondary N) is 1. The predicted octanol–water partition coefficient (Wildman–Crippen LogP) is 0.0429. The number of hydrogen-bond donors (Lipinski definition) is 2. The summed E-state index contributed by atoms with van der Waals surface area (Å²) in [6.07, 6.45) is -0.169. The standard InChI is InChI=1S/C5H9NO3/c7-5(8)6-4-1-2-9-3-4/h4,6H,1-3H2,(H,7,8)/t4-/m0/s1. The van der Waals surface area contributed by atoms with Crippen molar-refractivity contribution in [1.29, 1.82) is 0 Å². The monoisotopic (exact) mass is 131 g/mol. The van der Waals surface area contributed by atoms with E-state index in [0.29, 0.717) is 13.2 Å². The Morgan fingerprint density at radius 3 is 3.00 bits per heavy atom. The molecule has 4 heteroatoms. The normalized spacial score (nSPS) is 26.0. The van der Waals surface area contributed by atoms with Crippen molar-refractivity contribution in [1.82, 2.24) is 5.32 Å². The minimum Gasteiger partial charge on any atom is -0.465 e. The van der Waals surface area contributed by atoms with Crippen molar-refractivity contribution in [2.24, 2.45) is 0 Å². The van der Waals surface area contributed by atoms with E-state index in [1.54, 1.807) is 0 Å². The lowest BCUT2D eigenvalue weighted by Gasteiger charge is -2.04. The van der Waals surface area contributed by atoms with Gasteiger partial charge >= 0.3 is 6.09 Å². The fourth-order valence-electron chi connectivity index (χ4n) is 0.823. The molecule has 0 saturated carbocycles. The van der Waals surface area contributed by atoms with E-state index in [0.717, 1.165) is 6.42 Å². The summed E-state index contributed by atoms with van der Waals surface area (Å²) in [5, 5.41) is 10.5. The van der Waals surface area contributed by atoms with E-state index in [1.807, 2.05) is 0 Å². The van der Waals surface area contributed by atoms with Crippen LogP contribution in [0.2, 0.25) is 0 Å². The number of rotatable bonds is 1. The van der Waals surface area contributed by atoms with Gasteiger partial charge in [0.05, 0.1) is 12.6 Å². The van der Waals surface area contributed by atoms with Crippen molar-refractivity contribution in [2.45, 2.75) is 12.5 Å². The minimum absolute atomic E-state index is 0.0162. The molecule has 1 rings (SSSR count). The highest BCUT2D eigenvalue weighted by Crippen LogP contribution is 2.02. The van der Waals surface area contributed by atoms with Crippen LogP contribution in [0.5, 0.6) is 0 Å². The third-order valence-corrected chi connectivity index (χ3v) is 1.26. The maximum absolute atomic E-state index is 9.99. The average molecular weight is 131 g/mol. The first-order chi connectivity index (χ1) is 4.29. The average Bonchev–Trinajstić information content (AvgIpc) is 2.15. The molecule has 1 saturated heterocycles. The van der Waals surface area contributed by atoms with Crippen molar-refractivity contribution in [3.8, 4) is 0 Å². The zero-order chi connectivity index (χ0) is 6.69. The van der Waals surface area contributed by atoms with Crippen molar-refractivity contribution >= 4 is 6.09 Å². The molecule has 4 nitrogen and oxygen atoms in total. The number of carboxylic acid groups (broad SMARTS) is 1. The van der Waals surface area contributed by atoms with Crippen molar-refractivity contribution in [3.05, 3.63) is 0 Å². The molecule has 1 heterocycles. The summed E-state index contributed by atoms with van der Waals surface area (Å²) in [7, 11) is 0. The van der Waals surface area contributed by atoms with Crippen LogP contribution in [0.3, 0.4) is 0 Å². The van der Waals surface area contributed by atoms with Crippen LogP contribution in [-0.4, -0.2) is 30.5 Å². The Hall–Kier alpha value is -0.770. The molecule has 0 unspecified atom stereocenters. The first kappa shape index (κ1) is 6.35. The van der Waals surface area contributed by atoms with Gasteiger partial charge < -0.3 is 15.2 Å². The molecule has 2 N–H and O–H groups in total. The molecule has 1 atom stereocenters. The van der Waals surface area contributed by atoms with Gasteiger partial charge in [0, 0.05) is 6.61 Å². The molecule has 0 aromatic carbocycles. The second kappa shape index (κ2) is 2.68. The van der Waals surface area contributed by atoms with E-state index >= 15 is 0 Å². The topological polar surface area (TPSA) is 58.6 Å². The van der Waals surface area contributed by atoms with Crippen LogP contribution in [-0.2, 0) is 4.74 Å². The molecule has 0 bridgehead atoms. The second-order valence-corrected chi connectivity index (χ2v) is 2.01. The van der Waals surface area contributed by atoms with Gasteiger partial charge in [-0.3, -0.25) is 0 Å². The highest BCUT2D eigenvalue weighted by molar-refractivity contribution is 5.64. The fraction of sp³-hybridized carbons (Fsp3) is 0.800. The summed E-state index contributed by atoms with van der Waals surface area (Å²) < 4.78 is 4.93. The van der Waals surface area contributed by atoms with E-state index in [1.165, 1.54) is 0 Å². The van der Waals surface area contributed by atoms with E-state index in [-0.39, 0.29) is 6.04 Å². The van der Waals surface area contributed by atoms with Gasteiger partial charge in [0.15, 0.2) is 0 Å². The van der Waals surface area contributed by atoms with Crippen molar-refractivity contribution in [2.75, 3.05) is 13.2 Å². The number of hydrogen-bond acceptors (Lipinski definition) is 2. The number of amides is 1. The van der Waals surface area contributed by atoms with Gasteiger partial charge in [-0.25, -0.2) is 4.79 Å². The summed E-state index contributed by atoms with van der Waals surface area (Å²) in [6.45, 7) is 1.19. The van der Waals surface area contributed by atoms with E-state index in [2.05, 4.69) is 5.32 Å². The Kier molecular flexibility index (Phi) is 1.89. The molecule has 0 aromatic rings. The first-order valence-corrected chi connectivity index (χ1v) is 2.86. The van der Waals surface area contributed by atoms with Gasteiger partial charge in [-0.15, -0.1) is 0 Å². The lowest BCUT2D eigenvalue weighted by molar-refractivity contribution is 0.175. The van der Waals surface area contributed by atoms with Gasteiger partial charge in [0.2, 0.25) is 0 Å². The summed E-state index contributed by atoms with van der Waals surface area (Å²) in [5.74, 6) is 0. The maximum atomic E-state index is 9.99. The quantitative estimate of drug-likeness (QED) is 0.528. The van der Waals surface area contributed by atoms with E-state index in [9.17, 15) is 4.79 Å². The zero-order valence-electron chi connectivity index (χ0n) is 4.96. The van der Waals surface area contributed by atoms with Gasteiger partial charge in [-0.2, -0.15) is 0 Å². The molecule has 9 heavy (non-hydrogen) atoms. The Morgan fingerprint density at radius 1 is 1.78 bits per heavy atom. The van der Waals surface area contributed by atoms with Crippen LogP contribution in [0, 0.1) is 0 Å². The van der Waals surface area contributed by atoms with Crippen LogP contribution < -0.4 is 5.32 Å². The summed E-state index contributed by atoms with van der Waals surface area (Å²) >= 11 is 0. The summed E-state index contributed by atoms with van der Waals surface area (Å²) in [6, 6.07) is 0.0162. The van der Waals surface area contributed by atoms with E-state index < -0.39 is 6.09 Å². The molecule has 1 fully saturated rings. The maximum Gasteiger partial charge on any atom is 0.404 e. The zero-order valence-corrected chi connectivity index (χ0v) is 4.96. The highest BCUT2D eigenvalue weighted by Gasteiger charge is 2.16. The van der Waals surface area contributed by atoms with Crippen LogP contribution in [0.1, 0.15) is 6.42 Å². The molecule has 0 radical (unpaired) electrons. The molecular weight excluding hydrogens is 122 g/mol. The van der Waals surface area contributed by atoms with Crippen molar-refractivity contribution in [3.63, 3.8) is 0 Å². The van der Waals surface area contributed by atoms with Crippen LogP contribution >= 0.6 is 0 Å².